The van der Waals surface area contributed by atoms with Crippen molar-refractivity contribution < 1.29 is 14.3 Å². The Labute approximate surface area is 143 Å². The Morgan fingerprint density at radius 3 is 2.42 bits per heavy atom. The van der Waals surface area contributed by atoms with E-state index in [0.29, 0.717) is 24.5 Å². The largest absolute Gasteiger partial charge is 0.493 e. The van der Waals surface area contributed by atoms with Crippen molar-refractivity contribution in [1.29, 1.82) is 0 Å². The molecule has 0 heterocycles. The third-order valence-corrected chi connectivity index (χ3v) is 4.06. The lowest BCUT2D eigenvalue weighted by atomic mass is 10.0. The summed E-state index contributed by atoms with van der Waals surface area (Å²) in [5.74, 6) is 1.40. The molecular weight excluding hydrogens is 302 g/mol. The van der Waals surface area contributed by atoms with Crippen molar-refractivity contribution in [2.24, 2.45) is 0 Å². The normalized spacial score (nSPS) is 10.3. The summed E-state index contributed by atoms with van der Waals surface area (Å²) >= 11 is 0. The van der Waals surface area contributed by atoms with Gasteiger partial charge in [0.2, 0.25) is 5.91 Å². The van der Waals surface area contributed by atoms with Crippen LogP contribution in [0.2, 0.25) is 0 Å². The van der Waals surface area contributed by atoms with E-state index in [1.807, 2.05) is 18.2 Å². The predicted octanol–water partition coefficient (Wildman–Crippen LogP) is 3.57. The Hall–Kier alpha value is -2.49. The zero-order valence-electron chi connectivity index (χ0n) is 14.8. The molecule has 2 aromatic carbocycles. The van der Waals surface area contributed by atoms with Crippen LogP contribution in [0.3, 0.4) is 0 Å². The van der Waals surface area contributed by atoms with Gasteiger partial charge in [-0.25, -0.2) is 0 Å². The van der Waals surface area contributed by atoms with E-state index in [1.165, 1.54) is 16.7 Å². The maximum Gasteiger partial charge on any atom is 0.220 e. The molecule has 0 aliphatic carbocycles. The summed E-state index contributed by atoms with van der Waals surface area (Å²) in [6, 6.07) is 12.0. The minimum atomic E-state index is 0.0461. The second kappa shape index (κ2) is 8.39. The molecule has 0 saturated heterocycles. The quantitative estimate of drug-likeness (QED) is 0.846. The molecule has 0 aliphatic rings. The van der Waals surface area contributed by atoms with E-state index < -0.39 is 0 Å². The molecule has 24 heavy (non-hydrogen) atoms. The van der Waals surface area contributed by atoms with E-state index in [1.54, 1.807) is 14.2 Å². The molecule has 2 aromatic rings. The van der Waals surface area contributed by atoms with Crippen LogP contribution in [0.15, 0.2) is 36.4 Å². The number of amides is 1. The van der Waals surface area contributed by atoms with Gasteiger partial charge in [-0.05, 0) is 49.1 Å². The molecule has 0 bridgehead atoms. The average molecular weight is 327 g/mol. The fraction of sp³-hybridized carbons (Fsp3) is 0.350. The van der Waals surface area contributed by atoms with Crippen molar-refractivity contribution >= 4 is 5.91 Å². The first kappa shape index (κ1) is 17.9. The summed E-state index contributed by atoms with van der Waals surface area (Å²) in [5.41, 5.74) is 4.69. The minimum Gasteiger partial charge on any atom is -0.493 e. The van der Waals surface area contributed by atoms with Crippen molar-refractivity contribution in [3.63, 3.8) is 0 Å². The van der Waals surface area contributed by atoms with Crippen LogP contribution in [-0.2, 0) is 17.8 Å². The lowest BCUT2D eigenvalue weighted by Crippen LogP contribution is -2.23. The average Bonchev–Trinajstić information content (AvgIpc) is 2.58. The number of rotatable bonds is 7. The molecule has 0 aromatic heterocycles. The van der Waals surface area contributed by atoms with Gasteiger partial charge in [0.05, 0.1) is 14.2 Å². The Bertz CT molecular complexity index is 710. The molecule has 0 aliphatic heterocycles. The van der Waals surface area contributed by atoms with Crippen LogP contribution in [0, 0.1) is 13.8 Å². The van der Waals surface area contributed by atoms with Gasteiger partial charge in [-0.15, -0.1) is 0 Å². The summed E-state index contributed by atoms with van der Waals surface area (Å²) in [4.78, 5) is 12.1. The van der Waals surface area contributed by atoms with Gasteiger partial charge < -0.3 is 14.8 Å². The van der Waals surface area contributed by atoms with Crippen molar-refractivity contribution in [3.05, 3.63) is 58.7 Å². The molecule has 0 spiro atoms. The maximum atomic E-state index is 12.1. The first-order chi connectivity index (χ1) is 11.5. The Kier molecular flexibility index (Phi) is 6.24. The van der Waals surface area contributed by atoms with Crippen LogP contribution in [0.25, 0.3) is 0 Å². The Morgan fingerprint density at radius 2 is 1.75 bits per heavy atom. The number of methoxy groups -OCH3 is 2. The fourth-order valence-electron chi connectivity index (χ4n) is 2.65. The standard InChI is InChI=1S/C20H25NO3/c1-14-5-7-17(15(2)11-14)8-10-20(22)21-13-16-6-9-18(23-3)19(12-16)24-4/h5-7,9,11-12H,8,10,13H2,1-4H3,(H,21,22). The van der Waals surface area contributed by atoms with Crippen molar-refractivity contribution in [2.45, 2.75) is 33.2 Å². The first-order valence-electron chi connectivity index (χ1n) is 8.07. The number of benzene rings is 2. The molecule has 0 fully saturated rings. The van der Waals surface area contributed by atoms with Gasteiger partial charge in [0, 0.05) is 13.0 Å². The molecular formula is C20H25NO3. The van der Waals surface area contributed by atoms with Gasteiger partial charge >= 0.3 is 0 Å². The molecule has 1 N–H and O–H groups in total. The number of carbonyl (C=O) groups is 1. The molecule has 4 nitrogen and oxygen atoms in total. The monoisotopic (exact) mass is 327 g/mol. The SMILES string of the molecule is COc1ccc(CNC(=O)CCc2ccc(C)cc2C)cc1OC. The topological polar surface area (TPSA) is 47.6 Å². The van der Waals surface area contributed by atoms with Crippen LogP contribution in [0.4, 0.5) is 0 Å². The number of hydrogen-bond donors (Lipinski definition) is 1. The van der Waals surface area contributed by atoms with E-state index in [9.17, 15) is 4.79 Å². The highest BCUT2D eigenvalue weighted by atomic mass is 16.5. The van der Waals surface area contributed by atoms with E-state index in [4.69, 9.17) is 9.47 Å². The number of aryl methyl sites for hydroxylation is 3. The van der Waals surface area contributed by atoms with Gasteiger partial charge in [0.1, 0.15) is 0 Å². The summed E-state index contributed by atoms with van der Waals surface area (Å²) in [6.07, 6.45) is 1.24. The van der Waals surface area contributed by atoms with Crippen LogP contribution < -0.4 is 14.8 Å². The Morgan fingerprint density at radius 1 is 1.00 bits per heavy atom. The summed E-state index contributed by atoms with van der Waals surface area (Å²) in [7, 11) is 3.20. The summed E-state index contributed by atoms with van der Waals surface area (Å²) in [5, 5.41) is 2.95. The third-order valence-electron chi connectivity index (χ3n) is 4.06. The second-order valence-corrected chi connectivity index (χ2v) is 5.90. The van der Waals surface area contributed by atoms with Crippen LogP contribution in [-0.4, -0.2) is 20.1 Å². The highest BCUT2D eigenvalue weighted by Gasteiger charge is 2.07. The smallest absolute Gasteiger partial charge is 0.220 e. The molecule has 0 radical (unpaired) electrons. The lowest BCUT2D eigenvalue weighted by Gasteiger charge is -2.11. The number of nitrogens with one attached hydrogen (secondary N) is 1. The molecule has 0 unspecified atom stereocenters. The van der Waals surface area contributed by atoms with E-state index >= 15 is 0 Å². The molecule has 0 saturated carbocycles. The van der Waals surface area contributed by atoms with Crippen LogP contribution in [0.1, 0.15) is 28.7 Å². The van der Waals surface area contributed by atoms with Gasteiger partial charge in [0.15, 0.2) is 11.5 Å². The number of hydrogen-bond acceptors (Lipinski definition) is 3. The molecule has 128 valence electrons. The zero-order valence-corrected chi connectivity index (χ0v) is 14.8. The van der Waals surface area contributed by atoms with Crippen molar-refractivity contribution in [3.8, 4) is 11.5 Å². The maximum absolute atomic E-state index is 12.1. The fourth-order valence-corrected chi connectivity index (χ4v) is 2.65. The van der Waals surface area contributed by atoms with Crippen LogP contribution >= 0.6 is 0 Å². The molecule has 4 heteroatoms. The van der Waals surface area contributed by atoms with E-state index in [0.717, 1.165) is 12.0 Å². The zero-order chi connectivity index (χ0) is 17.5. The summed E-state index contributed by atoms with van der Waals surface area (Å²) in [6.45, 7) is 4.64. The van der Waals surface area contributed by atoms with E-state index in [2.05, 4.69) is 37.4 Å². The molecule has 1 amide bonds. The first-order valence-corrected chi connectivity index (χ1v) is 8.07. The van der Waals surface area contributed by atoms with Gasteiger partial charge in [-0.2, -0.15) is 0 Å². The third kappa shape index (κ3) is 4.75. The summed E-state index contributed by atoms with van der Waals surface area (Å²) < 4.78 is 10.5. The van der Waals surface area contributed by atoms with Crippen molar-refractivity contribution in [1.82, 2.24) is 5.32 Å². The highest BCUT2D eigenvalue weighted by molar-refractivity contribution is 5.76. The number of carbonyl (C=O) groups excluding carboxylic acids is 1. The lowest BCUT2D eigenvalue weighted by molar-refractivity contribution is -0.121. The number of ether oxygens (including phenoxy) is 2. The predicted molar refractivity (Wildman–Crippen MR) is 95.6 cm³/mol. The minimum absolute atomic E-state index is 0.0461. The highest BCUT2D eigenvalue weighted by Crippen LogP contribution is 2.27. The van der Waals surface area contributed by atoms with E-state index in [-0.39, 0.29) is 5.91 Å². The van der Waals surface area contributed by atoms with Gasteiger partial charge in [-0.1, -0.05) is 29.8 Å². The van der Waals surface area contributed by atoms with Crippen molar-refractivity contribution in [2.75, 3.05) is 14.2 Å². The van der Waals surface area contributed by atoms with Crippen LogP contribution in [0.5, 0.6) is 11.5 Å². The van der Waals surface area contributed by atoms with Gasteiger partial charge in [0.25, 0.3) is 0 Å². The second-order valence-electron chi connectivity index (χ2n) is 5.90. The molecule has 0 atom stereocenters. The van der Waals surface area contributed by atoms with Gasteiger partial charge in [-0.3, -0.25) is 4.79 Å². The molecule has 2 rings (SSSR count). The Balaban J connectivity index is 1.87.